The number of nitrogens with zero attached hydrogens (tertiary/aromatic N) is 1. The van der Waals surface area contributed by atoms with Gasteiger partial charge in [-0.05, 0) is 5.56 Å². The van der Waals surface area contributed by atoms with Crippen molar-refractivity contribution in [3.8, 4) is 5.75 Å². The van der Waals surface area contributed by atoms with Crippen LogP contribution in [0, 0.1) is 0 Å². The predicted molar refractivity (Wildman–Crippen MR) is 49.6 cm³/mol. The van der Waals surface area contributed by atoms with Gasteiger partial charge in [-0.25, -0.2) is 8.78 Å². The van der Waals surface area contributed by atoms with E-state index in [0.29, 0.717) is 5.56 Å². The summed E-state index contributed by atoms with van der Waals surface area (Å²) in [5.74, 6) is -0.0875. The van der Waals surface area contributed by atoms with Crippen molar-refractivity contribution in [1.29, 1.82) is 0 Å². The summed E-state index contributed by atoms with van der Waals surface area (Å²) >= 11 is 0. The van der Waals surface area contributed by atoms with Crippen LogP contribution >= 0.6 is 0 Å². The third-order valence-corrected chi connectivity index (χ3v) is 2.04. The Balaban J connectivity index is 3.34. The van der Waals surface area contributed by atoms with Gasteiger partial charge in [0.2, 0.25) is 0 Å². The first kappa shape index (κ1) is 11.8. The van der Waals surface area contributed by atoms with Crippen molar-refractivity contribution < 1.29 is 18.6 Å². The molecule has 1 aromatic heterocycles. The molecule has 0 atom stereocenters. The summed E-state index contributed by atoms with van der Waals surface area (Å²) in [5, 5.41) is 9.06. The highest BCUT2D eigenvalue weighted by Gasteiger charge is 2.20. The van der Waals surface area contributed by atoms with Gasteiger partial charge in [-0.15, -0.1) is 0 Å². The van der Waals surface area contributed by atoms with Gasteiger partial charge in [0, 0.05) is 18.3 Å². The standard InChI is InChI=1S/C9H12F2N2O2/c1-15-8-6(4-14)5(2-12)3-13-7(8)9(10)11/h3,9,14H,2,4,12H2,1H3. The number of aromatic nitrogens is 1. The second-order valence-electron chi connectivity index (χ2n) is 2.84. The Morgan fingerprint density at radius 3 is 2.67 bits per heavy atom. The van der Waals surface area contributed by atoms with E-state index in [4.69, 9.17) is 15.6 Å². The van der Waals surface area contributed by atoms with Crippen molar-refractivity contribution in [1.82, 2.24) is 4.98 Å². The number of halogens is 2. The zero-order valence-electron chi connectivity index (χ0n) is 8.20. The molecule has 0 saturated carbocycles. The molecule has 0 unspecified atom stereocenters. The van der Waals surface area contributed by atoms with Crippen LogP contribution in [0.15, 0.2) is 6.20 Å². The molecule has 0 saturated heterocycles. The van der Waals surface area contributed by atoms with Gasteiger partial charge >= 0.3 is 0 Å². The Bertz CT molecular complexity index is 345. The molecule has 84 valence electrons. The van der Waals surface area contributed by atoms with Gasteiger partial charge < -0.3 is 15.6 Å². The maximum Gasteiger partial charge on any atom is 0.284 e. The number of hydrogen-bond acceptors (Lipinski definition) is 4. The molecule has 0 amide bonds. The highest BCUT2D eigenvalue weighted by Crippen LogP contribution is 2.31. The van der Waals surface area contributed by atoms with Crippen molar-refractivity contribution in [2.75, 3.05) is 7.11 Å². The summed E-state index contributed by atoms with van der Waals surface area (Å²) in [6, 6.07) is 0. The van der Waals surface area contributed by atoms with E-state index in [9.17, 15) is 8.78 Å². The lowest BCUT2D eigenvalue weighted by molar-refractivity contribution is 0.140. The molecule has 0 aliphatic carbocycles. The fourth-order valence-electron chi connectivity index (χ4n) is 1.32. The smallest absolute Gasteiger partial charge is 0.284 e. The van der Waals surface area contributed by atoms with Gasteiger partial charge in [0.05, 0.1) is 13.7 Å². The third-order valence-electron chi connectivity index (χ3n) is 2.04. The molecule has 15 heavy (non-hydrogen) atoms. The molecule has 1 rings (SSSR count). The molecular weight excluding hydrogens is 206 g/mol. The normalized spacial score (nSPS) is 10.8. The first-order chi connectivity index (χ1) is 7.15. The van der Waals surface area contributed by atoms with Gasteiger partial charge in [-0.3, -0.25) is 4.98 Å². The van der Waals surface area contributed by atoms with Crippen LogP contribution in [0.2, 0.25) is 0 Å². The van der Waals surface area contributed by atoms with Crippen molar-refractivity contribution in [2.24, 2.45) is 5.73 Å². The Hall–Kier alpha value is -1.27. The molecule has 0 aromatic carbocycles. The average molecular weight is 218 g/mol. The largest absolute Gasteiger partial charge is 0.494 e. The monoisotopic (exact) mass is 218 g/mol. The minimum atomic E-state index is -2.74. The SMILES string of the molecule is COc1c(C(F)F)ncc(CN)c1CO. The van der Waals surface area contributed by atoms with Crippen LogP contribution in [0.3, 0.4) is 0 Å². The van der Waals surface area contributed by atoms with Crippen molar-refractivity contribution in [3.05, 3.63) is 23.0 Å². The van der Waals surface area contributed by atoms with Gasteiger partial charge in [-0.2, -0.15) is 0 Å². The molecule has 1 aromatic rings. The minimum Gasteiger partial charge on any atom is -0.494 e. The summed E-state index contributed by atoms with van der Waals surface area (Å²) < 4.78 is 29.8. The Kier molecular flexibility index (Phi) is 3.93. The fraction of sp³-hybridized carbons (Fsp3) is 0.444. The Labute approximate surface area is 85.7 Å². The van der Waals surface area contributed by atoms with E-state index in [1.54, 1.807) is 0 Å². The van der Waals surface area contributed by atoms with E-state index in [2.05, 4.69) is 4.98 Å². The van der Waals surface area contributed by atoms with Crippen molar-refractivity contribution in [2.45, 2.75) is 19.6 Å². The van der Waals surface area contributed by atoms with E-state index in [1.807, 2.05) is 0 Å². The highest BCUT2D eigenvalue weighted by atomic mass is 19.3. The van der Waals surface area contributed by atoms with Crippen LogP contribution in [0.5, 0.6) is 5.75 Å². The number of methoxy groups -OCH3 is 1. The molecule has 0 fully saturated rings. The number of hydrogen-bond donors (Lipinski definition) is 2. The lowest BCUT2D eigenvalue weighted by atomic mass is 10.1. The third kappa shape index (κ3) is 2.21. The van der Waals surface area contributed by atoms with Gasteiger partial charge in [0.25, 0.3) is 6.43 Å². The topological polar surface area (TPSA) is 68.4 Å². The second kappa shape index (κ2) is 4.99. The predicted octanol–water partition coefficient (Wildman–Crippen LogP) is 0.979. The van der Waals surface area contributed by atoms with Crippen LogP contribution in [0.4, 0.5) is 8.78 Å². The second-order valence-corrected chi connectivity index (χ2v) is 2.84. The number of nitrogens with two attached hydrogens (primary N) is 1. The summed E-state index contributed by atoms with van der Waals surface area (Å²) in [6.07, 6.45) is -1.51. The first-order valence-electron chi connectivity index (χ1n) is 4.29. The number of aliphatic hydroxyl groups is 1. The zero-order valence-corrected chi connectivity index (χ0v) is 8.20. The Morgan fingerprint density at radius 2 is 2.27 bits per heavy atom. The molecule has 0 spiro atoms. The van der Waals surface area contributed by atoms with Crippen molar-refractivity contribution >= 4 is 0 Å². The van der Waals surface area contributed by atoms with Gasteiger partial charge in [-0.1, -0.05) is 0 Å². The molecule has 0 aliphatic rings. The van der Waals surface area contributed by atoms with Crippen LogP contribution in [-0.4, -0.2) is 17.2 Å². The molecule has 4 nitrogen and oxygen atoms in total. The van der Waals surface area contributed by atoms with Crippen LogP contribution in [0.25, 0.3) is 0 Å². The Morgan fingerprint density at radius 1 is 1.60 bits per heavy atom. The molecule has 1 heterocycles. The average Bonchev–Trinajstić information content (AvgIpc) is 2.26. The summed E-state index contributed by atoms with van der Waals surface area (Å²) in [6.45, 7) is -0.291. The van der Waals surface area contributed by atoms with Crippen LogP contribution < -0.4 is 10.5 Å². The molecule has 6 heteroatoms. The first-order valence-corrected chi connectivity index (χ1v) is 4.29. The maximum absolute atomic E-state index is 12.5. The quantitative estimate of drug-likeness (QED) is 0.790. The minimum absolute atomic E-state index is 0.0875. The molecule has 3 N–H and O–H groups in total. The number of alkyl halides is 2. The fourth-order valence-corrected chi connectivity index (χ4v) is 1.32. The van der Waals surface area contributed by atoms with Gasteiger partial charge in [0.15, 0.2) is 5.75 Å². The summed E-state index contributed by atoms with van der Waals surface area (Å²) in [4.78, 5) is 3.56. The van der Waals surface area contributed by atoms with E-state index >= 15 is 0 Å². The lowest BCUT2D eigenvalue weighted by Crippen LogP contribution is -2.08. The zero-order chi connectivity index (χ0) is 11.4. The summed E-state index contributed by atoms with van der Waals surface area (Å²) in [7, 11) is 1.25. The van der Waals surface area contributed by atoms with Crippen LogP contribution in [-0.2, 0) is 13.2 Å². The number of pyridine rings is 1. The van der Waals surface area contributed by atoms with Crippen molar-refractivity contribution in [3.63, 3.8) is 0 Å². The molecule has 0 bridgehead atoms. The molecule has 0 aliphatic heterocycles. The number of aliphatic hydroxyl groups excluding tert-OH is 1. The van der Waals surface area contributed by atoms with E-state index in [0.717, 1.165) is 0 Å². The number of ether oxygens (including phenoxy) is 1. The van der Waals surface area contributed by atoms with Crippen LogP contribution in [0.1, 0.15) is 23.2 Å². The molecular formula is C9H12F2N2O2. The molecule has 0 radical (unpaired) electrons. The highest BCUT2D eigenvalue weighted by molar-refractivity contribution is 5.42. The van der Waals surface area contributed by atoms with Gasteiger partial charge in [0.1, 0.15) is 5.69 Å². The maximum atomic E-state index is 12.5. The van der Waals surface area contributed by atoms with E-state index in [1.165, 1.54) is 13.3 Å². The number of rotatable bonds is 4. The lowest BCUT2D eigenvalue weighted by Gasteiger charge is -2.13. The van der Waals surface area contributed by atoms with E-state index < -0.39 is 18.7 Å². The van der Waals surface area contributed by atoms with E-state index in [-0.39, 0.29) is 17.9 Å². The summed E-state index contributed by atoms with van der Waals surface area (Å²) in [5.41, 5.74) is 5.68.